The molecule has 0 N–H and O–H groups in total. The minimum Gasteiger partial charge on any atom is -0.455 e. The van der Waals surface area contributed by atoms with E-state index < -0.39 is 17.7 Å². The molecule has 1 atom stereocenters. The Morgan fingerprint density at radius 1 is 1.18 bits per heavy atom. The molecule has 2 rings (SSSR count). The molecule has 0 bridgehead atoms. The molecule has 0 radical (unpaired) electrons. The maximum Gasteiger partial charge on any atom is 0.311 e. The highest BCUT2D eigenvalue weighted by atomic mass is 19.1. The van der Waals surface area contributed by atoms with Gasteiger partial charge in [0, 0.05) is 31.7 Å². The molecule has 1 aromatic rings. The Bertz CT molecular complexity index is 722. The molecular weight excluding hydrogens is 363 g/mol. The fourth-order valence-corrected chi connectivity index (χ4v) is 3.06. The zero-order valence-electron chi connectivity index (χ0n) is 15.8. The first-order chi connectivity index (χ1) is 13.5. The number of esters is 1. The van der Waals surface area contributed by atoms with Gasteiger partial charge in [-0.15, -0.1) is 13.2 Å². The molecule has 6 nitrogen and oxygen atoms in total. The van der Waals surface area contributed by atoms with E-state index in [1.165, 1.54) is 29.2 Å². The topological polar surface area (TPSA) is 66.9 Å². The van der Waals surface area contributed by atoms with Crippen molar-refractivity contribution in [2.24, 2.45) is 5.92 Å². The second-order valence-electron chi connectivity index (χ2n) is 6.58. The number of halogens is 1. The number of likely N-dealkylation sites (tertiary alicyclic amines) is 1. The van der Waals surface area contributed by atoms with Gasteiger partial charge in [-0.3, -0.25) is 14.4 Å². The van der Waals surface area contributed by atoms with Crippen molar-refractivity contribution in [3.8, 4) is 0 Å². The third-order valence-electron chi connectivity index (χ3n) is 4.52. The molecule has 1 unspecified atom stereocenters. The summed E-state index contributed by atoms with van der Waals surface area (Å²) in [7, 11) is 0. The Balaban J connectivity index is 1.90. The van der Waals surface area contributed by atoms with Gasteiger partial charge >= 0.3 is 5.97 Å². The molecule has 0 saturated carbocycles. The highest BCUT2D eigenvalue weighted by Crippen LogP contribution is 2.20. The molecule has 1 fully saturated rings. The van der Waals surface area contributed by atoms with Crippen LogP contribution in [0.15, 0.2) is 49.6 Å². The van der Waals surface area contributed by atoms with Crippen molar-refractivity contribution >= 4 is 17.8 Å². The van der Waals surface area contributed by atoms with E-state index in [9.17, 15) is 18.8 Å². The Hall–Kier alpha value is -2.96. The van der Waals surface area contributed by atoms with E-state index in [1.807, 2.05) is 0 Å². The highest BCUT2D eigenvalue weighted by molar-refractivity contribution is 5.94. The molecule has 1 heterocycles. The predicted octanol–water partition coefficient (Wildman–Crippen LogP) is 2.42. The molecule has 0 aliphatic carbocycles. The monoisotopic (exact) mass is 388 g/mol. The first-order valence-corrected chi connectivity index (χ1v) is 9.17. The van der Waals surface area contributed by atoms with Gasteiger partial charge in [0.2, 0.25) is 0 Å². The SMILES string of the molecule is C=CCN(CC=C)C(=O)COC(=O)C1CCCN(C(=O)c2ccc(F)cc2)C1. The van der Waals surface area contributed by atoms with Crippen LogP contribution in [0.25, 0.3) is 0 Å². The summed E-state index contributed by atoms with van der Waals surface area (Å²) in [5.41, 5.74) is 0.370. The molecule has 1 saturated heterocycles. The van der Waals surface area contributed by atoms with Gasteiger partial charge < -0.3 is 14.5 Å². The first-order valence-electron chi connectivity index (χ1n) is 9.17. The first kappa shape index (κ1) is 21.3. The minimum atomic E-state index is -0.498. The van der Waals surface area contributed by atoms with Gasteiger partial charge in [-0.2, -0.15) is 0 Å². The standard InChI is InChI=1S/C21H25FN2O4/c1-3-11-23(12-4-2)19(25)15-28-21(27)17-6-5-13-24(14-17)20(26)16-7-9-18(22)10-8-16/h3-4,7-10,17H,1-2,5-6,11-15H2. The van der Waals surface area contributed by atoms with Crippen molar-refractivity contribution in [2.75, 3.05) is 32.8 Å². The minimum absolute atomic E-state index is 0.215. The van der Waals surface area contributed by atoms with Crippen molar-refractivity contribution in [2.45, 2.75) is 12.8 Å². The van der Waals surface area contributed by atoms with Crippen LogP contribution in [0.2, 0.25) is 0 Å². The lowest BCUT2D eigenvalue weighted by molar-refractivity contribution is -0.156. The number of hydrogen-bond acceptors (Lipinski definition) is 4. The molecular formula is C21H25FN2O4. The summed E-state index contributed by atoms with van der Waals surface area (Å²) in [6, 6.07) is 5.30. The number of rotatable bonds is 8. The van der Waals surface area contributed by atoms with E-state index in [0.29, 0.717) is 38.0 Å². The smallest absolute Gasteiger partial charge is 0.311 e. The van der Waals surface area contributed by atoms with E-state index in [2.05, 4.69) is 13.2 Å². The van der Waals surface area contributed by atoms with E-state index >= 15 is 0 Å². The number of nitrogens with zero attached hydrogens (tertiary/aromatic N) is 2. The third kappa shape index (κ3) is 5.77. The molecule has 1 aliphatic rings. The molecule has 2 amide bonds. The number of ether oxygens (including phenoxy) is 1. The van der Waals surface area contributed by atoms with E-state index in [-0.39, 0.29) is 25.0 Å². The summed E-state index contributed by atoms with van der Waals surface area (Å²) in [5.74, 6) is -1.98. The zero-order chi connectivity index (χ0) is 20.5. The van der Waals surface area contributed by atoms with Gasteiger partial charge in [0.1, 0.15) is 5.82 Å². The Morgan fingerprint density at radius 2 is 1.82 bits per heavy atom. The van der Waals surface area contributed by atoms with Gasteiger partial charge in [0.15, 0.2) is 6.61 Å². The van der Waals surface area contributed by atoms with Crippen LogP contribution in [0.4, 0.5) is 4.39 Å². The van der Waals surface area contributed by atoms with E-state index in [0.717, 1.165) is 0 Å². The lowest BCUT2D eigenvalue weighted by Gasteiger charge is -2.31. The quantitative estimate of drug-likeness (QED) is 0.507. The van der Waals surface area contributed by atoms with Crippen LogP contribution in [0.1, 0.15) is 23.2 Å². The largest absolute Gasteiger partial charge is 0.455 e. The molecule has 150 valence electrons. The highest BCUT2D eigenvalue weighted by Gasteiger charge is 2.30. The van der Waals surface area contributed by atoms with Crippen LogP contribution in [0, 0.1) is 11.7 Å². The van der Waals surface area contributed by atoms with Crippen molar-refractivity contribution in [1.82, 2.24) is 9.80 Å². The van der Waals surface area contributed by atoms with Crippen LogP contribution in [0.5, 0.6) is 0 Å². The average Bonchev–Trinajstić information content (AvgIpc) is 2.71. The summed E-state index contributed by atoms with van der Waals surface area (Å²) >= 11 is 0. The van der Waals surface area contributed by atoms with Crippen molar-refractivity contribution in [1.29, 1.82) is 0 Å². The van der Waals surface area contributed by atoms with Crippen molar-refractivity contribution < 1.29 is 23.5 Å². The van der Waals surface area contributed by atoms with Gasteiger partial charge in [-0.05, 0) is 37.1 Å². The fraction of sp³-hybridized carbons (Fsp3) is 0.381. The summed E-state index contributed by atoms with van der Waals surface area (Å²) in [6.07, 6.45) is 4.41. The molecule has 0 aromatic heterocycles. The number of piperidine rings is 1. The Labute approximate surface area is 164 Å². The van der Waals surface area contributed by atoms with E-state index in [4.69, 9.17) is 4.74 Å². The molecule has 1 aliphatic heterocycles. The van der Waals surface area contributed by atoms with Crippen molar-refractivity contribution in [3.63, 3.8) is 0 Å². The summed E-state index contributed by atoms with van der Waals surface area (Å²) in [5, 5.41) is 0. The molecule has 28 heavy (non-hydrogen) atoms. The lowest BCUT2D eigenvalue weighted by atomic mass is 9.97. The number of hydrogen-bond donors (Lipinski definition) is 0. The summed E-state index contributed by atoms with van der Waals surface area (Å²) in [6.45, 7) is 8.24. The normalized spacial score (nSPS) is 16.2. The van der Waals surface area contributed by atoms with E-state index in [1.54, 1.807) is 17.1 Å². The van der Waals surface area contributed by atoms with Crippen LogP contribution >= 0.6 is 0 Å². The number of amides is 2. The second kappa shape index (κ2) is 10.4. The number of carbonyl (C=O) groups excluding carboxylic acids is 3. The lowest BCUT2D eigenvalue weighted by Crippen LogP contribution is -2.43. The summed E-state index contributed by atoms with van der Waals surface area (Å²) < 4.78 is 18.2. The van der Waals surface area contributed by atoms with Crippen LogP contribution in [-0.2, 0) is 14.3 Å². The zero-order valence-corrected chi connectivity index (χ0v) is 15.8. The molecule has 7 heteroatoms. The maximum atomic E-state index is 13.0. The molecule has 1 aromatic carbocycles. The van der Waals surface area contributed by atoms with Crippen molar-refractivity contribution in [3.05, 3.63) is 61.0 Å². The van der Waals surface area contributed by atoms with Gasteiger partial charge in [0.05, 0.1) is 5.92 Å². The maximum absolute atomic E-state index is 13.0. The van der Waals surface area contributed by atoms with Crippen LogP contribution in [-0.4, -0.2) is 60.4 Å². The Kier molecular flexibility index (Phi) is 7.92. The number of carbonyl (C=O) groups is 3. The van der Waals surface area contributed by atoms with Gasteiger partial charge in [0.25, 0.3) is 11.8 Å². The fourth-order valence-electron chi connectivity index (χ4n) is 3.06. The molecule has 0 spiro atoms. The third-order valence-corrected chi connectivity index (χ3v) is 4.52. The Morgan fingerprint density at radius 3 is 2.43 bits per heavy atom. The second-order valence-corrected chi connectivity index (χ2v) is 6.58. The number of benzene rings is 1. The van der Waals surface area contributed by atoms with Gasteiger partial charge in [-0.25, -0.2) is 4.39 Å². The average molecular weight is 388 g/mol. The summed E-state index contributed by atoms with van der Waals surface area (Å²) in [4.78, 5) is 40.1. The van der Waals surface area contributed by atoms with Crippen LogP contribution < -0.4 is 0 Å². The van der Waals surface area contributed by atoms with Gasteiger partial charge in [-0.1, -0.05) is 12.2 Å². The predicted molar refractivity (Wildman–Crippen MR) is 103 cm³/mol. The van der Waals surface area contributed by atoms with Crippen LogP contribution in [0.3, 0.4) is 0 Å².